The van der Waals surface area contributed by atoms with Gasteiger partial charge in [-0.2, -0.15) is 0 Å². The van der Waals surface area contributed by atoms with E-state index in [9.17, 15) is 14.4 Å². The first-order valence-corrected chi connectivity index (χ1v) is 9.13. The van der Waals surface area contributed by atoms with E-state index in [1.54, 1.807) is 12.1 Å². The Morgan fingerprint density at radius 2 is 1.52 bits per heavy atom. The Labute approximate surface area is 166 Å². The molecule has 0 aliphatic heterocycles. The summed E-state index contributed by atoms with van der Waals surface area (Å²) < 4.78 is 5.48. The number of amides is 2. The monoisotopic (exact) mass is 386 g/mol. The van der Waals surface area contributed by atoms with Crippen LogP contribution in [-0.2, 0) is 9.59 Å². The Bertz CT molecular complexity index is 1330. The summed E-state index contributed by atoms with van der Waals surface area (Å²) in [5.41, 5.74) is 1.97. The summed E-state index contributed by atoms with van der Waals surface area (Å²) in [4.78, 5) is 43.0. The van der Waals surface area contributed by atoms with E-state index in [0.717, 1.165) is 16.0 Å². The van der Waals surface area contributed by atoms with E-state index in [1.165, 1.54) is 13.8 Å². The summed E-state index contributed by atoms with van der Waals surface area (Å²) in [5.74, 6) is -1.06. The van der Waals surface area contributed by atoms with Gasteiger partial charge in [0.15, 0.2) is 5.82 Å². The highest BCUT2D eigenvalue weighted by molar-refractivity contribution is 6.20. The first-order valence-electron chi connectivity index (χ1n) is 9.13. The van der Waals surface area contributed by atoms with Crippen LogP contribution in [-0.4, -0.2) is 16.8 Å². The SMILES string of the molecule is CC(=O)N(C(C)=O)c1nc(-c2ccccc2)c(C)c2c1c(=O)oc1ccccc12. The largest absolute Gasteiger partial charge is 0.422 e. The van der Waals surface area contributed by atoms with Crippen molar-refractivity contribution < 1.29 is 14.0 Å². The van der Waals surface area contributed by atoms with E-state index in [4.69, 9.17) is 4.42 Å². The lowest BCUT2D eigenvalue weighted by molar-refractivity contribution is -0.124. The first-order chi connectivity index (χ1) is 13.9. The van der Waals surface area contributed by atoms with Gasteiger partial charge in [0.1, 0.15) is 11.0 Å². The Morgan fingerprint density at radius 3 is 2.17 bits per heavy atom. The topological polar surface area (TPSA) is 80.5 Å². The molecular formula is C23H18N2O4. The highest BCUT2D eigenvalue weighted by Gasteiger charge is 2.26. The van der Waals surface area contributed by atoms with Crippen molar-refractivity contribution in [2.24, 2.45) is 0 Å². The van der Waals surface area contributed by atoms with Crippen LogP contribution in [0.5, 0.6) is 0 Å². The van der Waals surface area contributed by atoms with Crippen LogP contribution in [0.15, 0.2) is 63.8 Å². The minimum atomic E-state index is -0.642. The summed E-state index contributed by atoms with van der Waals surface area (Å²) in [6.45, 7) is 4.40. The average molecular weight is 386 g/mol. The van der Waals surface area contributed by atoms with Crippen LogP contribution >= 0.6 is 0 Å². The lowest BCUT2D eigenvalue weighted by atomic mass is 9.98. The lowest BCUT2D eigenvalue weighted by Crippen LogP contribution is -2.35. The fourth-order valence-corrected chi connectivity index (χ4v) is 3.67. The van der Waals surface area contributed by atoms with Crippen LogP contribution in [0.2, 0.25) is 0 Å². The number of aryl methyl sites for hydroxylation is 1. The quantitative estimate of drug-likeness (QED) is 0.381. The number of para-hydroxylation sites is 1. The molecule has 4 aromatic rings. The zero-order valence-electron chi connectivity index (χ0n) is 16.2. The van der Waals surface area contributed by atoms with Crippen LogP contribution in [0, 0.1) is 6.92 Å². The lowest BCUT2D eigenvalue weighted by Gasteiger charge is -2.21. The second kappa shape index (κ2) is 6.98. The Kier molecular flexibility index (Phi) is 4.47. The van der Waals surface area contributed by atoms with Gasteiger partial charge in [0.05, 0.1) is 5.69 Å². The minimum Gasteiger partial charge on any atom is -0.422 e. The van der Waals surface area contributed by atoms with Gasteiger partial charge in [-0.15, -0.1) is 0 Å². The maximum absolute atomic E-state index is 12.9. The van der Waals surface area contributed by atoms with Crippen molar-refractivity contribution in [3.05, 3.63) is 70.6 Å². The van der Waals surface area contributed by atoms with Crippen molar-refractivity contribution in [1.82, 2.24) is 4.98 Å². The highest BCUT2D eigenvalue weighted by Crippen LogP contribution is 2.36. The summed E-state index contributed by atoms with van der Waals surface area (Å²) in [6.07, 6.45) is 0. The molecule has 0 aliphatic carbocycles. The number of aromatic nitrogens is 1. The minimum absolute atomic E-state index is 0.0102. The van der Waals surface area contributed by atoms with E-state index in [2.05, 4.69) is 4.98 Å². The van der Waals surface area contributed by atoms with E-state index in [1.807, 2.05) is 49.4 Å². The second-order valence-corrected chi connectivity index (χ2v) is 6.78. The van der Waals surface area contributed by atoms with Crippen molar-refractivity contribution in [2.75, 3.05) is 4.90 Å². The molecular weight excluding hydrogens is 368 g/mol. The van der Waals surface area contributed by atoms with Gasteiger partial charge in [-0.1, -0.05) is 48.5 Å². The van der Waals surface area contributed by atoms with Crippen molar-refractivity contribution in [2.45, 2.75) is 20.8 Å². The molecule has 2 aromatic carbocycles. The molecule has 6 heteroatoms. The summed E-state index contributed by atoms with van der Waals surface area (Å²) in [7, 11) is 0. The zero-order valence-corrected chi connectivity index (χ0v) is 16.2. The molecule has 2 amide bonds. The average Bonchev–Trinajstić information content (AvgIpc) is 2.69. The summed E-state index contributed by atoms with van der Waals surface area (Å²) in [6, 6.07) is 16.6. The third-order valence-electron chi connectivity index (χ3n) is 4.87. The number of pyridine rings is 1. The summed E-state index contributed by atoms with van der Waals surface area (Å²) in [5, 5.41) is 1.45. The molecule has 0 radical (unpaired) electrons. The molecule has 0 aliphatic rings. The third kappa shape index (κ3) is 2.99. The Balaban J connectivity index is 2.27. The standard InChI is InChI=1S/C23H18N2O4/c1-13-19-17-11-7-8-12-18(17)29-23(28)20(19)22(25(14(2)26)15(3)27)24-21(13)16-9-5-4-6-10-16/h4-12H,1-3H3. The van der Waals surface area contributed by atoms with Gasteiger partial charge in [0, 0.05) is 30.2 Å². The smallest absolute Gasteiger partial charge is 0.348 e. The Morgan fingerprint density at radius 1 is 0.897 bits per heavy atom. The van der Waals surface area contributed by atoms with E-state index in [-0.39, 0.29) is 11.2 Å². The molecule has 0 saturated carbocycles. The van der Waals surface area contributed by atoms with Gasteiger partial charge in [-0.05, 0) is 18.6 Å². The van der Waals surface area contributed by atoms with Gasteiger partial charge in [-0.3, -0.25) is 9.59 Å². The second-order valence-electron chi connectivity index (χ2n) is 6.78. The highest BCUT2D eigenvalue weighted by atomic mass is 16.4. The summed E-state index contributed by atoms with van der Waals surface area (Å²) >= 11 is 0. The van der Waals surface area contributed by atoms with Crippen molar-refractivity contribution in [1.29, 1.82) is 0 Å². The van der Waals surface area contributed by atoms with Crippen LogP contribution in [0.4, 0.5) is 5.82 Å². The first kappa shape index (κ1) is 18.6. The molecule has 0 saturated heterocycles. The number of benzene rings is 2. The van der Waals surface area contributed by atoms with Crippen molar-refractivity contribution in [3.63, 3.8) is 0 Å². The zero-order chi connectivity index (χ0) is 20.7. The van der Waals surface area contributed by atoms with Crippen LogP contribution in [0.3, 0.4) is 0 Å². The molecule has 2 heterocycles. The molecule has 2 aromatic heterocycles. The predicted molar refractivity (Wildman–Crippen MR) is 112 cm³/mol. The number of carbonyl (C=O) groups excluding carboxylic acids is 2. The Hall–Kier alpha value is -3.80. The van der Waals surface area contributed by atoms with Gasteiger partial charge < -0.3 is 4.42 Å². The molecule has 29 heavy (non-hydrogen) atoms. The number of fused-ring (bicyclic) bond motifs is 3. The normalized spacial score (nSPS) is 11.0. The predicted octanol–water partition coefficient (Wildman–Crippen LogP) is 4.22. The fourth-order valence-electron chi connectivity index (χ4n) is 3.67. The van der Waals surface area contributed by atoms with Gasteiger partial charge in [-0.25, -0.2) is 14.7 Å². The van der Waals surface area contributed by atoms with Crippen molar-refractivity contribution in [3.8, 4) is 11.3 Å². The van der Waals surface area contributed by atoms with Crippen LogP contribution < -0.4 is 10.5 Å². The molecule has 6 nitrogen and oxygen atoms in total. The van der Waals surface area contributed by atoms with Crippen molar-refractivity contribution >= 4 is 39.4 Å². The molecule has 0 atom stereocenters. The number of rotatable bonds is 2. The maximum Gasteiger partial charge on any atom is 0.348 e. The van der Waals surface area contributed by atoms with Crippen LogP contribution in [0.25, 0.3) is 33.0 Å². The number of anilines is 1. The van der Waals surface area contributed by atoms with E-state index in [0.29, 0.717) is 22.0 Å². The molecule has 4 rings (SSSR count). The number of nitrogens with zero attached hydrogens (tertiary/aromatic N) is 2. The van der Waals surface area contributed by atoms with Gasteiger partial charge >= 0.3 is 5.63 Å². The number of carbonyl (C=O) groups is 2. The number of hydrogen-bond acceptors (Lipinski definition) is 5. The molecule has 0 fully saturated rings. The van der Waals surface area contributed by atoms with Crippen LogP contribution in [0.1, 0.15) is 19.4 Å². The van der Waals surface area contributed by atoms with E-state index >= 15 is 0 Å². The molecule has 0 spiro atoms. The van der Waals surface area contributed by atoms with E-state index < -0.39 is 17.4 Å². The molecule has 0 bridgehead atoms. The molecule has 0 N–H and O–H groups in total. The number of hydrogen-bond donors (Lipinski definition) is 0. The fraction of sp³-hybridized carbons (Fsp3) is 0.130. The van der Waals surface area contributed by atoms with Gasteiger partial charge in [0.25, 0.3) is 0 Å². The van der Waals surface area contributed by atoms with Gasteiger partial charge in [0.2, 0.25) is 11.8 Å². The molecule has 0 unspecified atom stereocenters. The third-order valence-corrected chi connectivity index (χ3v) is 4.87. The number of imide groups is 1. The molecule has 144 valence electrons. The maximum atomic E-state index is 12.9.